The van der Waals surface area contributed by atoms with E-state index in [4.69, 9.17) is 9.84 Å². The van der Waals surface area contributed by atoms with Crippen LogP contribution in [0, 0.1) is 5.92 Å². The van der Waals surface area contributed by atoms with Gasteiger partial charge in [0, 0.05) is 22.3 Å². The van der Waals surface area contributed by atoms with E-state index in [0.717, 1.165) is 0 Å². The van der Waals surface area contributed by atoms with E-state index in [2.05, 4.69) is 0 Å². The molecule has 0 aromatic rings. The van der Waals surface area contributed by atoms with E-state index < -0.39 is 22.7 Å². The van der Waals surface area contributed by atoms with Crippen molar-refractivity contribution in [1.29, 1.82) is 0 Å². The Hall–Kier alpha value is -0.420. The fourth-order valence-corrected chi connectivity index (χ4v) is 2.01. The van der Waals surface area contributed by atoms with E-state index in [1.807, 2.05) is 20.8 Å². The van der Waals surface area contributed by atoms with Crippen molar-refractivity contribution < 1.29 is 18.8 Å². The number of hydrogen-bond acceptors (Lipinski definition) is 3. The molecule has 0 aromatic heterocycles. The van der Waals surface area contributed by atoms with Crippen molar-refractivity contribution in [3.8, 4) is 0 Å². The normalized spacial score (nSPS) is 16.0. The predicted molar refractivity (Wildman–Crippen MR) is 60.4 cm³/mol. The van der Waals surface area contributed by atoms with Crippen LogP contribution in [0.5, 0.6) is 0 Å². The smallest absolute Gasteiger partial charge is 0.307 e. The molecule has 0 bridgehead atoms. The second kappa shape index (κ2) is 6.23. The monoisotopic (exact) mass is 236 g/mol. The van der Waals surface area contributed by atoms with Gasteiger partial charge >= 0.3 is 5.97 Å². The highest BCUT2D eigenvalue weighted by atomic mass is 32.2. The predicted octanol–water partition coefficient (Wildman–Crippen LogP) is 1.27. The molecule has 0 fully saturated rings. The molecular weight excluding hydrogens is 216 g/mol. The first-order valence-corrected chi connectivity index (χ1v) is 6.43. The van der Waals surface area contributed by atoms with Crippen molar-refractivity contribution in [2.24, 2.45) is 5.92 Å². The Balaban J connectivity index is 3.72. The lowest BCUT2D eigenvalue weighted by Crippen LogP contribution is -2.24. The molecule has 0 rings (SSSR count). The minimum absolute atomic E-state index is 0.197. The third kappa shape index (κ3) is 8.57. The van der Waals surface area contributed by atoms with Gasteiger partial charge in [0.2, 0.25) is 0 Å². The Bertz CT molecular complexity index is 232. The van der Waals surface area contributed by atoms with Gasteiger partial charge in [0.15, 0.2) is 0 Å². The minimum atomic E-state index is -1.11. The number of rotatable bonds is 6. The SMILES string of the molecule is CC(CS(=O)CCOC(C)(C)C)C(=O)O. The molecule has 0 amide bonds. The maximum atomic E-state index is 11.4. The standard InChI is InChI=1S/C10H20O4S/c1-8(9(11)12)7-15(13)6-5-14-10(2,3)4/h8H,5-7H2,1-4H3,(H,11,12). The third-order valence-corrected chi connectivity index (χ3v) is 3.20. The molecule has 0 aliphatic rings. The van der Waals surface area contributed by atoms with E-state index in [0.29, 0.717) is 12.4 Å². The summed E-state index contributed by atoms with van der Waals surface area (Å²) in [6.45, 7) is 7.74. The molecule has 4 nitrogen and oxygen atoms in total. The average molecular weight is 236 g/mol. The maximum Gasteiger partial charge on any atom is 0.307 e. The van der Waals surface area contributed by atoms with Crippen molar-refractivity contribution in [3.05, 3.63) is 0 Å². The summed E-state index contributed by atoms with van der Waals surface area (Å²) in [5, 5.41) is 8.62. The van der Waals surface area contributed by atoms with Gasteiger partial charge in [0.1, 0.15) is 0 Å². The van der Waals surface area contributed by atoms with Crippen molar-refractivity contribution in [3.63, 3.8) is 0 Å². The molecule has 0 aliphatic heterocycles. The number of carbonyl (C=O) groups is 1. The zero-order valence-corrected chi connectivity index (χ0v) is 10.6. The largest absolute Gasteiger partial charge is 0.481 e. The molecule has 2 atom stereocenters. The number of carboxylic acids is 1. The maximum absolute atomic E-state index is 11.4. The van der Waals surface area contributed by atoms with Gasteiger partial charge in [-0.05, 0) is 20.8 Å². The Morgan fingerprint density at radius 2 is 2.00 bits per heavy atom. The van der Waals surface area contributed by atoms with Gasteiger partial charge in [0.05, 0.1) is 18.1 Å². The Morgan fingerprint density at radius 3 is 2.40 bits per heavy atom. The first kappa shape index (κ1) is 14.6. The summed E-state index contributed by atoms with van der Waals surface area (Å²) < 4.78 is 16.8. The summed E-state index contributed by atoms with van der Waals surface area (Å²) >= 11 is 0. The molecular formula is C10H20O4S. The topological polar surface area (TPSA) is 63.6 Å². The van der Waals surface area contributed by atoms with Crippen LogP contribution in [-0.2, 0) is 20.3 Å². The van der Waals surface area contributed by atoms with Gasteiger partial charge in [0.25, 0.3) is 0 Å². The zero-order valence-electron chi connectivity index (χ0n) is 9.78. The van der Waals surface area contributed by atoms with Crippen LogP contribution in [0.15, 0.2) is 0 Å². The second-order valence-electron chi connectivity index (χ2n) is 4.51. The molecule has 5 heteroatoms. The fraction of sp³-hybridized carbons (Fsp3) is 0.900. The number of ether oxygens (including phenoxy) is 1. The van der Waals surface area contributed by atoms with Crippen LogP contribution < -0.4 is 0 Å². The Labute approximate surface area is 93.5 Å². The van der Waals surface area contributed by atoms with Gasteiger partial charge in [-0.25, -0.2) is 0 Å². The first-order valence-electron chi connectivity index (χ1n) is 4.94. The molecule has 0 saturated heterocycles. The van der Waals surface area contributed by atoms with Gasteiger partial charge in [-0.3, -0.25) is 9.00 Å². The fourth-order valence-electron chi connectivity index (χ4n) is 0.874. The van der Waals surface area contributed by atoms with Crippen LogP contribution in [0.4, 0.5) is 0 Å². The van der Waals surface area contributed by atoms with Gasteiger partial charge < -0.3 is 9.84 Å². The summed E-state index contributed by atoms with van der Waals surface area (Å²) in [5.41, 5.74) is -0.234. The molecule has 90 valence electrons. The molecule has 0 spiro atoms. The summed E-state index contributed by atoms with van der Waals surface area (Å²) in [5.74, 6) is -0.863. The van der Waals surface area contributed by atoms with Crippen molar-refractivity contribution in [2.45, 2.75) is 33.3 Å². The summed E-state index contributed by atoms with van der Waals surface area (Å²) in [4.78, 5) is 10.5. The van der Waals surface area contributed by atoms with Crippen LogP contribution in [0.3, 0.4) is 0 Å². The zero-order chi connectivity index (χ0) is 12.1. The van der Waals surface area contributed by atoms with E-state index in [-0.39, 0.29) is 11.4 Å². The van der Waals surface area contributed by atoms with Gasteiger partial charge in [-0.15, -0.1) is 0 Å². The highest BCUT2D eigenvalue weighted by Crippen LogP contribution is 2.06. The van der Waals surface area contributed by atoms with Gasteiger partial charge in [-0.1, -0.05) is 6.92 Å². The molecule has 2 unspecified atom stereocenters. The van der Waals surface area contributed by atoms with Crippen LogP contribution in [-0.4, -0.2) is 39.0 Å². The summed E-state index contributed by atoms with van der Waals surface area (Å²) in [6, 6.07) is 0. The number of aliphatic carboxylic acids is 1. The lowest BCUT2D eigenvalue weighted by atomic mass is 10.2. The number of hydrogen-bond donors (Lipinski definition) is 1. The number of carboxylic acid groups (broad SMARTS) is 1. The molecule has 0 radical (unpaired) electrons. The highest BCUT2D eigenvalue weighted by molar-refractivity contribution is 7.85. The van der Waals surface area contributed by atoms with Crippen molar-refractivity contribution in [2.75, 3.05) is 18.1 Å². The molecule has 0 aromatic carbocycles. The van der Waals surface area contributed by atoms with E-state index >= 15 is 0 Å². The molecule has 0 heterocycles. The molecule has 0 saturated carbocycles. The minimum Gasteiger partial charge on any atom is -0.481 e. The summed E-state index contributed by atoms with van der Waals surface area (Å²) in [6.07, 6.45) is 0. The van der Waals surface area contributed by atoms with Crippen LogP contribution in [0.1, 0.15) is 27.7 Å². The quantitative estimate of drug-likeness (QED) is 0.754. The Kier molecular flexibility index (Phi) is 6.05. The highest BCUT2D eigenvalue weighted by Gasteiger charge is 2.15. The molecule has 15 heavy (non-hydrogen) atoms. The Morgan fingerprint density at radius 1 is 1.47 bits per heavy atom. The first-order chi connectivity index (χ1) is 6.72. The van der Waals surface area contributed by atoms with Crippen molar-refractivity contribution >= 4 is 16.8 Å². The molecule has 1 N–H and O–H groups in total. The second-order valence-corrected chi connectivity index (χ2v) is 6.13. The van der Waals surface area contributed by atoms with E-state index in [9.17, 15) is 9.00 Å². The van der Waals surface area contributed by atoms with E-state index in [1.165, 1.54) is 0 Å². The van der Waals surface area contributed by atoms with E-state index in [1.54, 1.807) is 6.92 Å². The molecule has 0 aliphatic carbocycles. The third-order valence-electron chi connectivity index (χ3n) is 1.70. The van der Waals surface area contributed by atoms with Crippen LogP contribution >= 0.6 is 0 Å². The lowest BCUT2D eigenvalue weighted by Gasteiger charge is -2.19. The van der Waals surface area contributed by atoms with Crippen LogP contribution in [0.25, 0.3) is 0 Å². The van der Waals surface area contributed by atoms with Gasteiger partial charge in [-0.2, -0.15) is 0 Å². The summed E-state index contributed by atoms with van der Waals surface area (Å²) in [7, 11) is -1.11. The van der Waals surface area contributed by atoms with Crippen LogP contribution in [0.2, 0.25) is 0 Å². The lowest BCUT2D eigenvalue weighted by molar-refractivity contribution is -0.140. The van der Waals surface area contributed by atoms with Crippen molar-refractivity contribution in [1.82, 2.24) is 0 Å². The average Bonchev–Trinajstić information content (AvgIpc) is 2.01.